The first-order valence-corrected chi connectivity index (χ1v) is 8.01. The molecule has 0 saturated heterocycles. The lowest BCUT2D eigenvalue weighted by atomic mass is 10.1. The summed E-state index contributed by atoms with van der Waals surface area (Å²) in [5, 5.41) is 4.65. The summed E-state index contributed by atoms with van der Waals surface area (Å²) in [7, 11) is 0. The van der Waals surface area contributed by atoms with Crippen molar-refractivity contribution in [2.24, 2.45) is 0 Å². The van der Waals surface area contributed by atoms with Gasteiger partial charge in [0, 0.05) is 17.6 Å². The van der Waals surface area contributed by atoms with Crippen molar-refractivity contribution < 1.29 is 4.74 Å². The number of rotatable bonds is 9. The number of benzene rings is 1. The number of pyridine rings is 1. The second kappa shape index (κ2) is 8.63. The van der Waals surface area contributed by atoms with Crippen molar-refractivity contribution in [3.63, 3.8) is 0 Å². The maximum Gasteiger partial charge on any atom is 0.145 e. The summed E-state index contributed by atoms with van der Waals surface area (Å²) in [6.07, 6.45) is 6.49. The standard InChI is InChI=1S/C18H26N2O/c1-3-12-19-15(2)8-4-5-14-21-17-11-6-9-16-10-7-13-20-18(16)17/h6-7,9-11,13,15,19H,3-5,8,12,14H2,1-2H3. The molecule has 1 aromatic heterocycles. The van der Waals surface area contributed by atoms with Crippen LogP contribution >= 0.6 is 0 Å². The molecule has 0 radical (unpaired) electrons. The predicted octanol–water partition coefficient (Wildman–Crippen LogP) is 4.17. The first kappa shape index (κ1) is 15.8. The van der Waals surface area contributed by atoms with E-state index in [0.717, 1.165) is 36.2 Å². The summed E-state index contributed by atoms with van der Waals surface area (Å²) >= 11 is 0. The van der Waals surface area contributed by atoms with Gasteiger partial charge in [-0.3, -0.25) is 4.98 Å². The van der Waals surface area contributed by atoms with Crippen LogP contribution in [-0.4, -0.2) is 24.2 Å². The number of fused-ring (bicyclic) bond motifs is 1. The van der Waals surface area contributed by atoms with Crippen LogP contribution < -0.4 is 10.1 Å². The minimum atomic E-state index is 0.601. The number of para-hydroxylation sites is 1. The average molecular weight is 286 g/mol. The number of ether oxygens (including phenoxy) is 1. The lowest BCUT2D eigenvalue weighted by Gasteiger charge is -2.13. The van der Waals surface area contributed by atoms with E-state index in [4.69, 9.17) is 4.74 Å². The van der Waals surface area contributed by atoms with E-state index in [9.17, 15) is 0 Å². The molecule has 114 valence electrons. The van der Waals surface area contributed by atoms with Gasteiger partial charge in [0.1, 0.15) is 11.3 Å². The van der Waals surface area contributed by atoms with Crippen LogP contribution in [0.15, 0.2) is 36.5 Å². The van der Waals surface area contributed by atoms with Gasteiger partial charge in [0.2, 0.25) is 0 Å². The monoisotopic (exact) mass is 286 g/mol. The molecule has 0 aliphatic carbocycles. The lowest BCUT2D eigenvalue weighted by Crippen LogP contribution is -2.26. The molecule has 3 nitrogen and oxygen atoms in total. The predicted molar refractivity (Wildman–Crippen MR) is 88.8 cm³/mol. The third-order valence-electron chi connectivity index (χ3n) is 3.63. The fraction of sp³-hybridized carbons (Fsp3) is 0.500. The van der Waals surface area contributed by atoms with E-state index in [1.165, 1.54) is 19.3 Å². The number of nitrogens with one attached hydrogen (secondary N) is 1. The molecule has 0 spiro atoms. The van der Waals surface area contributed by atoms with Crippen LogP contribution in [-0.2, 0) is 0 Å². The van der Waals surface area contributed by atoms with Gasteiger partial charge in [-0.05, 0) is 51.3 Å². The Morgan fingerprint density at radius 1 is 1.19 bits per heavy atom. The zero-order valence-electron chi connectivity index (χ0n) is 13.1. The largest absolute Gasteiger partial charge is 0.491 e. The van der Waals surface area contributed by atoms with Crippen LogP contribution in [0.25, 0.3) is 10.9 Å². The van der Waals surface area contributed by atoms with Crippen LogP contribution in [0.5, 0.6) is 5.75 Å². The van der Waals surface area contributed by atoms with Crippen LogP contribution in [0.1, 0.15) is 39.5 Å². The van der Waals surface area contributed by atoms with E-state index in [1.807, 2.05) is 24.4 Å². The highest BCUT2D eigenvalue weighted by Gasteiger charge is 2.03. The van der Waals surface area contributed by atoms with Gasteiger partial charge in [0.05, 0.1) is 6.61 Å². The van der Waals surface area contributed by atoms with Gasteiger partial charge in [-0.2, -0.15) is 0 Å². The molecular weight excluding hydrogens is 260 g/mol. The van der Waals surface area contributed by atoms with Gasteiger partial charge in [0.25, 0.3) is 0 Å². The number of aromatic nitrogens is 1. The third kappa shape index (κ3) is 5.01. The van der Waals surface area contributed by atoms with Crippen LogP contribution in [0.4, 0.5) is 0 Å². The summed E-state index contributed by atoms with van der Waals surface area (Å²) in [6.45, 7) is 6.33. The smallest absolute Gasteiger partial charge is 0.145 e. The summed E-state index contributed by atoms with van der Waals surface area (Å²) in [6, 6.07) is 10.7. The van der Waals surface area contributed by atoms with Gasteiger partial charge in [-0.25, -0.2) is 0 Å². The van der Waals surface area contributed by atoms with Crippen molar-refractivity contribution in [3.05, 3.63) is 36.5 Å². The molecule has 1 N–H and O–H groups in total. The number of hydrogen-bond acceptors (Lipinski definition) is 3. The first-order valence-electron chi connectivity index (χ1n) is 8.01. The van der Waals surface area contributed by atoms with Crippen molar-refractivity contribution in [2.75, 3.05) is 13.2 Å². The van der Waals surface area contributed by atoms with Crippen molar-refractivity contribution >= 4 is 10.9 Å². The molecule has 1 unspecified atom stereocenters. The Labute approximate surface area is 127 Å². The van der Waals surface area contributed by atoms with Crippen molar-refractivity contribution in [2.45, 2.75) is 45.6 Å². The van der Waals surface area contributed by atoms with Crippen molar-refractivity contribution in [3.8, 4) is 5.75 Å². The second-order valence-corrected chi connectivity index (χ2v) is 5.53. The van der Waals surface area contributed by atoms with Crippen LogP contribution in [0, 0.1) is 0 Å². The molecule has 21 heavy (non-hydrogen) atoms. The Kier molecular flexibility index (Phi) is 6.48. The van der Waals surface area contributed by atoms with Crippen LogP contribution in [0.3, 0.4) is 0 Å². The first-order chi connectivity index (χ1) is 10.3. The maximum atomic E-state index is 5.90. The highest BCUT2D eigenvalue weighted by atomic mass is 16.5. The van der Waals surface area contributed by atoms with E-state index in [1.54, 1.807) is 0 Å². The summed E-state index contributed by atoms with van der Waals surface area (Å²) in [5.74, 6) is 0.894. The SMILES string of the molecule is CCCNC(C)CCCCOc1cccc2cccnc12. The quantitative estimate of drug-likeness (QED) is 0.702. The molecule has 2 rings (SSSR count). The fourth-order valence-electron chi connectivity index (χ4n) is 2.42. The highest BCUT2D eigenvalue weighted by molar-refractivity contribution is 5.84. The lowest BCUT2D eigenvalue weighted by molar-refractivity contribution is 0.304. The number of hydrogen-bond donors (Lipinski definition) is 1. The fourth-order valence-corrected chi connectivity index (χ4v) is 2.42. The maximum absolute atomic E-state index is 5.90. The Morgan fingerprint density at radius 3 is 2.90 bits per heavy atom. The highest BCUT2D eigenvalue weighted by Crippen LogP contribution is 2.23. The molecule has 1 atom stereocenters. The van der Waals surface area contributed by atoms with E-state index in [2.05, 4.69) is 36.3 Å². The van der Waals surface area contributed by atoms with E-state index in [-0.39, 0.29) is 0 Å². The van der Waals surface area contributed by atoms with Gasteiger partial charge in [0.15, 0.2) is 0 Å². The zero-order valence-corrected chi connectivity index (χ0v) is 13.1. The van der Waals surface area contributed by atoms with Crippen molar-refractivity contribution in [1.82, 2.24) is 10.3 Å². The topological polar surface area (TPSA) is 34.1 Å². The Balaban J connectivity index is 1.73. The Morgan fingerprint density at radius 2 is 2.05 bits per heavy atom. The molecule has 0 fully saturated rings. The van der Waals surface area contributed by atoms with Gasteiger partial charge < -0.3 is 10.1 Å². The van der Waals surface area contributed by atoms with Gasteiger partial charge >= 0.3 is 0 Å². The molecule has 0 bridgehead atoms. The van der Waals surface area contributed by atoms with E-state index >= 15 is 0 Å². The molecule has 2 aromatic rings. The normalized spacial score (nSPS) is 12.5. The molecule has 1 heterocycles. The third-order valence-corrected chi connectivity index (χ3v) is 3.63. The summed E-state index contributed by atoms with van der Waals surface area (Å²) < 4.78 is 5.90. The molecule has 0 saturated carbocycles. The van der Waals surface area contributed by atoms with Crippen LogP contribution in [0.2, 0.25) is 0 Å². The minimum absolute atomic E-state index is 0.601. The molecule has 1 aromatic carbocycles. The average Bonchev–Trinajstić information content (AvgIpc) is 2.52. The number of unbranched alkanes of at least 4 members (excludes halogenated alkanes) is 1. The number of nitrogens with zero attached hydrogens (tertiary/aromatic N) is 1. The summed E-state index contributed by atoms with van der Waals surface area (Å²) in [4.78, 5) is 4.41. The summed E-state index contributed by atoms with van der Waals surface area (Å²) in [5.41, 5.74) is 0.956. The molecule has 0 aliphatic rings. The molecule has 0 aliphatic heterocycles. The molecule has 3 heteroatoms. The molecule has 0 amide bonds. The Hall–Kier alpha value is -1.61. The van der Waals surface area contributed by atoms with Gasteiger partial charge in [-0.15, -0.1) is 0 Å². The van der Waals surface area contributed by atoms with E-state index in [0.29, 0.717) is 6.04 Å². The zero-order chi connectivity index (χ0) is 14.9. The minimum Gasteiger partial charge on any atom is -0.491 e. The van der Waals surface area contributed by atoms with Crippen molar-refractivity contribution in [1.29, 1.82) is 0 Å². The molecular formula is C18H26N2O. The van der Waals surface area contributed by atoms with E-state index < -0.39 is 0 Å². The Bertz CT molecular complexity index is 536. The van der Waals surface area contributed by atoms with Gasteiger partial charge in [-0.1, -0.05) is 25.1 Å². The second-order valence-electron chi connectivity index (χ2n) is 5.53.